The van der Waals surface area contributed by atoms with E-state index in [1.54, 1.807) is 0 Å². The molecule has 0 fully saturated rings. The van der Waals surface area contributed by atoms with Crippen LogP contribution in [0.4, 0.5) is 0 Å². The molecule has 0 aliphatic heterocycles. The molecule has 0 saturated heterocycles. The van der Waals surface area contributed by atoms with Crippen LogP contribution < -0.4 is 24.0 Å². The van der Waals surface area contributed by atoms with E-state index < -0.39 is 24.0 Å². The zero-order valence-corrected chi connectivity index (χ0v) is 16.5. The fourth-order valence-electron chi connectivity index (χ4n) is 3.24. The molecule has 2 atom stereocenters. The minimum atomic E-state index is -1.37. The molecule has 0 heterocycles. The molecule has 0 aliphatic carbocycles. The van der Waals surface area contributed by atoms with E-state index in [4.69, 9.17) is 4.74 Å². The van der Waals surface area contributed by atoms with Gasteiger partial charge < -0.3 is 14.6 Å². The Kier molecular flexibility index (Phi) is 15.9. The van der Waals surface area contributed by atoms with Gasteiger partial charge in [0, 0.05) is 0 Å². The van der Waals surface area contributed by atoms with Crippen LogP contribution in [0.3, 0.4) is 0 Å². The number of unbranched alkanes of at least 4 members (excludes halogenated alkanes) is 5. The van der Waals surface area contributed by atoms with Crippen molar-refractivity contribution in [2.24, 2.45) is 5.92 Å². The topological polar surface area (TPSA) is 66.4 Å². The van der Waals surface area contributed by atoms with Gasteiger partial charge in [0.15, 0.2) is 0 Å². The van der Waals surface area contributed by atoms with Crippen LogP contribution in [0, 0.1) is 5.92 Å². The number of carbonyl (C=O) groups is 2. The number of aliphatic carboxylic acids is 1. The van der Waals surface area contributed by atoms with E-state index in [-0.39, 0.29) is 24.8 Å². The number of ether oxygens (including phenoxy) is 1. The first-order chi connectivity index (χ1) is 10.9. The van der Waals surface area contributed by atoms with Crippen molar-refractivity contribution in [3.63, 3.8) is 0 Å². The van der Waals surface area contributed by atoms with E-state index in [0.717, 1.165) is 51.4 Å². The quantitative estimate of drug-likeness (QED) is 0.206. The van der Waals surface area contributed by atoms with E-state index in [1.165, 1.54) is 12.8 Å². The van der Waals surface area contributed by atoms with Crippen LogP contribution in [-0.2, 0) is 14.3 Å². The molecule has 0 radical (unpaired) electrons. The summed E-state index contributed by atoms with van der Waals surface area (Å²) in [7, 11) is 0. The third kappa shape index (κ3) is 11.2. The number of rotatable bonds is 14. The van der Waals surface area contributed by atoms with Gasteiger partial charge in [-0.15, -0.1) is 0 Å². The van der Waals surface area contributed by atoms with Crippen LogP contribution in [0.1, 0.15) is 98.3 Å². The van der Waals surface area contributed by atoms with Gasteiger partial charge in [0.1, 0.15) is 5.60 Å². The molecule has 0 rings (SSSR count). The summed E-state index contributed by atoms with van der Waals surface area (Å²) in [5.74, 6) is -1.76. The molecule has 0 aliphatic rings. The Morgan fingerprint density at radius 2 is 1.58 bits per heavy atom. The fourth-order valence-corrected chi connectivity index (χ4v) is 3.24. The zero-order chi connectivity index (χ0) is 17.7. The third-order valence-electron chi connectivity index (χ3n) is 4.67. The van der Waals surface area contributed by atoms with E-state index in [2.05, 4.69) is 20.8 Å². The molecule has 136 valence electrons. The van der Waals surface area contributed by atoms with Crippen molar-refractivity contribution in [3.05, 3.63) is 0 Å². The van der Waals surface area contributed by atoms with Crippen molar-refractivity contribution in [2.75, 3.05) is 0 Å². The molecular weight excluding hydrogens is 299 g/mol. The second-order valence-corrected chi connectivity index (χ2v) is 6.75. The van der Waals surface area contributed by atoms with Crippen molar-refractivity contribution in [2.45, 2.75) is 104 Å². The number of hydrogen-bond acceptors (Lipinski definition) is 4. The summed E-state index contributed by atoms with van der Waals surface area (Å²) in [5, 5.41) is 10.6. The number of carboxylic acids is 1. The monoisotopic (exact) mass is 334 g/mol. The van der Waals surface area contributed by atoms with Crippen molar-refractivity contribution in [1.29, 1.82) is 0 Å². The van der Waals surface area contributed by atoms with Crippen LogP contribution in [0.25, 0.3) is 0 Å². The average Bonchev–Trinajstić information content (AvgIpc) is 2.47. The van der Waals surface area contributed by atoms with Crippen LogP contribution in [0.5, 0.6) is 0 Å². The maximum Gasteiger partial charge on any atom is 1.00 e. The molecule has 0 N–H and O–H groups in total. The van der Waals surface area contributed by atoms with Gasteiger partial charge in [-0.1, -0.05) is 59.3 Å². The third-order valence-corrected chi connectivity index (χ3v) is 4.67. The van der Waals surface area contributed by atoms with Gasteiger partial charge in [-0.3, -0.25) is 4.79 Å². The SMILES string of the molecule is CCCCCCC(C)(OC(=O)CC(=O)[O-])C(CC)CCCCC.[Li+]. The van der Waals surface area contributed by atoms with E-state index >= 15 is 0 Å². The second-order valence-electron chi connectivity index (χ2n) is 6.75. The normalized spacial score (nSPS) is 14.3. The Balaban J connectivity index is 0. The molecule has 0 aromatic carbocycles. The maximum atomic E-state index is 11.9. The maximum absolute atomic E-state index is 11.9. The van der Waals surface area contributed by atoms with Crippen LogP contribution in [0.15, 0.2) is 0 Å². The molecule has 0 amide bonds. The van der Waals surface area contributed by atoms with Gasteiger partial charge in [-0.25, -0.2) is 0 Å². The molecule has 2 unspecified atom stereocenters. The second kappa shape index (κ2) is 14.8. The van der Waals surface area contributed by atoms with Crippen molar-refractivity contribution in [3.8, 4) is 0 Å². The largest absolute Gasteiger partial charge is 1.00 e. The number of carbonyl (C=O) groups excluding carboxylic acids is 2. The standard InChI is InChI=1S/C19H36O4.Li/c1-5-8-10-12-14-19(4,23-18(22)15-17(20)21)16(7-3)13-11-9-6-2;/h16H,5-15H2,1-4H3,(H,20,21);/q;+1/p-1. The Morgan fingerprint density at radius 3 is 2.08 bits per heavy atom. The smallest absolute Gasteiger partial charge is 0.550 e. The van der Waals surface area contributed by atoms with Gasteiger partial charge in [-0.05, 0) is 38.5 Å². The van der Waals surface area contributed by atoms with Gasteiger partial charge in [-0.2, -0.15) is 0 Å². The number of carboxylic acid groups (broad SMARTS) is 1. The molecule has 0 bridgehead atoms. The Bertz CT molecular complexity index is 346. The summed E-state index contributed by atoms with van der Waals surface area (Å²) < 4.78 is 5.65. The van der Waals surface area contributed by atoms with E-state index in [9.17, 15) is 14.7 Å². The van der Waals surface area contributed by atoms with Crippen molar-refractivity contribution < 1.29 is 38.3 Å². The molecule has 24 heavy (non-hydrogen) atoms. The van der Waals surface area contributed by atoms with Crippen LogP contribution in [-0.4, -0.2) is 17.5 Å². The summed E-state index contributed by atoms with van der Waals surface area (Å²) in [6, 6.07) is 0. The average molecular weight is 334 g/mol. The van der Waals surface area contributed by atoms with Crippen LogP contribution in [0.2, 0.25) is 0 Å². The Labute approximate surface area is 160 Å². The van der Waals surface area contributed by atoms with Gasteiger partial charge in [0.25, 0.3) is 0 Å². The first kappa shape index (κ1) is 25.8. The summed E-state index contributed by atoms with van der Waals surface area (Å²) in [5.41, 5.74) is -0.567. The van der Waals surface area contributed by atoms with Gasteiger partial charge >= 0.3 is 24.8 Å². The first-order valence-corrected chi connectivity index (χ1v) is 9.31. The van der Waals surface area contributed by atoms with Crippen molar-refractivity contribution >= 4 is 11.9 Å². The summed E-state index contributed by atoms with van der Waals surface area (Å²) in [6.07, 6.45) is 10.0. The van der Waals surface area contributed by atoms with Gasteiger partial charge in [0.2, 0.25) is 0 Å². The molecule has 0 aromatic heterocycles. The summed E-state index contributed by atoms with van der Waals surface area (Å²) >= 11 is 0. The molecule has 0 saturated carbocycles. The summed E-state index contributed by atoms with van der Waals surface area (Å²) in [6.45, 7) is 8.43. The Hall–Kier alpha value is -0.463. The zero-order valence-electron chi connectivity index (χ0n) is 16.5. The molecule has 4 nitrogen and oxygen atoms in total. The molecule has 5 heteroatoms. The van der Waals surface area contributed by atoms with Crippen molar-refractivity contribution in [1.82, 2.24) is 0 Å². The summed E-state index contributed by atoms with van der Waals surface area (Å²) in [4.78, 5) is 22.5. The fraction of sp³-hybridized carbons (Fsp3) is 0.895. The molecular formula is C19H35LiO4. The molecule has 0 aromatic rings. The van der Waals surface area contributed by atoms with E-state index in [0.29, 0.717) is 0 Å². The van der Waals surface area contributed by atoms with Gasteiger partial charge in [0.05, 0.1) is 12.4 Å². The molecule has 0 spiro atoms. The number of esters is 1. The minimum Gasteiger partial charge on any atom is -0.550 e. The first-order valence-electron chi connectivity index (χ1n) is 9.31. The van der Waals surface area contributed by atoms with E-state index in [1.807, 2.05) is 6.92 Å². The predicted molar refractivity (Wildman–Crippen MR) is 90.8 cm³/mol. The number of hydrogen-bond donors (Lipinski definition) is 0. The van der Waals surface area contributed by atoms with Crippen LogP contribution >= 0.6 is 0 Å². The predicted octanol–water partition coefficient (Wildman–Crippen LogP) is 1.01. The minimum absolute atomic E-state index is 0. The Morgan fingerprint density at radius 1 is 1.00 bits per heavy atom.